The lowest BCUT2D eigenvalue weighted by molar-refractivity contribution is -0.468. The largest absolute Gasteiger partial charge is 0.460 e. The highest BCUT2D eigenvalue weighted by atomic mass is 32.2. The van der Waals surface area contributed by atoms with Crippen LogP contribution in [0.3, 0.4) is 0 Å². The third-order valence-corrected chi connectivity index (χ3v) is 4.97. The van der Waals surface area contributed by atoms with Crippen LogP contribution in [0.2, 0.25) is 0 Å². The van der Waals surface area contributed by atoms with Crippen LogP contribution in [0, 0.1) is 0 Å². The number of rotatable bonds is 11. The molecule has 0 aromatic carbocycles. The molecule has 0 saturated carbocycles. The van der Waals surface area contributed by atoms with Crippen LogP contribution in [0.5, 0.6) is 0 Å². The van der Waals surface area contributed by atoms with E-state index in [-0.39, 0.29) is 0 Å². The van der Waals surface area contributed by atoms with Crippen LogP contribution < -0.4 is 0 Å². The molecule has 37 heavy (non-hydrogen) atoms. The summed E-state index contributed by atoms with van der Waals surface area (Å²) in [7, 11) is 0. The van der Waals surface area contributed by atoms with Crippen LogP contribution in [0.15, 0.2) is 0 Å². The maximum Gasteiger partial charge on any atom is 0.460 e. The Hall–Kier alpha value is -1.68. The van der Waals surface area contributed by atoms with Gasteiger partial charge in [0.2, 0.25) is 5.12 Å². The Bertz CT molecular complexity index is 863. The normalized spacial score (nSPS) is 15.7. The van der Waals surface area contributed by atoms with E-state index in [1.165, 1.54) is 0 Å². The van der Waals surface area contributed by atoms with Crippen molar-refractivity contribution < 1.29 is 98.1 Å². The summed E-state index contributed by atoms with van der Waals surface area (Å²) >= 11 is -0.729. The van der Waals surface area contributed by atoms with Gasteiger partial charge in [-0.25, -0.2) is 0 Å². The summed E-state index contributed by atoms with van der Waals surface area (Å²) in [5.41, 5.74) is 0. The molecule has 1 N–H and O–H groups in total. The number of thioether (sulfide) groups is 1. The molecular weight excluding hydrogens is 609 g/mol. The van der Waals surface area contributed by atoms with Gasteiger partial charge in [0.15, 0.2) is 5.12 Å². The summed E-state index contributed by atoms with van der Waals surface area (Å²) in [6.07, 6.45) is -13.2. The quantitative estimate of drug-likeness (QED) is 0.282. The molecule has 0 aromatic rings. The van der Waals surface area contributed by atoms with Gasteiger partial charge in [0.1, 0.15) is 6.61 Å². The van der Waals surface area contributed by atoms with Gasteiger partial charge in [0, 0.05) is 12.8 Å². The summed E-state index contributed by atoms with van der Waals surface area (Å²) in [6, 6.07) is 0. The first-order chi connectivity index (χ1) is 15.8. The monoisotopic (exact) mass is 616 g/mol. The summed E-state index contributed by atoms with van der Waals surface area (Å²) in [6.45, 7) is -1.49. The zero-order chi connectivity index (χ0) is 30.5. The van der Waals surface area contributed by atoms with Gasteiger partial charge >= 0.3 is 53.6 Å². The topological polar surface area (TPSA) is 54.4 Å². The molecule has 0 spiro atoms. The number of aliphatic hydroxyl groups excluding tert-OH is 1. The van der Waals surface area contributed by atoms with Gasteiger partial charge in [0.25, 0.3) is 0 Å². The van der Waals surface area contributed by atoms with Crippen LogP contribution in [0.1, 0.15) is 12.8 Å². The number of hydrogen-bond acceptors (Lipinski definition) is 4. The maximum absolute atomic E-state index is 13.6. The van der Waals surface area contributed by atoms with Gasteiger partial charge in [-0.15, -0.1) is 0 Å². The van der Waals surface area contributed by atoms with Gasteiger partial charge in [-0.2, -0.15) is 83.4 Å². The molecular formula is C14H7F19O3S. The molecule has 0 aliphatic heterocycles. The highest BCUT2D eigenvalue weighted by Crippen LogP contribution is 2.65. The summed E-state index contributed by atoms with van der Waals surface area (Å²) in [4.78, 5) is 21.7. The van der Waals surface area contributed by atoms with Crippen LogP contribution in [0.4, 0.5) is 83.4 Å². The number of carbonyl (C=O) groups excluding carboxylic acids is 2. The molecule has 0 aromatic heterocycles. The first kappa shape index (κ1) is 35.3. The highest BCUT2D eigenvalue weighted by Gasteiger charge is 2.96. The molecule has 23 heteroatoms. The van der Waals surface area contributed by atoms with Crippen molar-refractivity contribution in [2.75, 3.05) is 6.61 Å². The van der Waals surface area contributed by atoms with Crippen molar-refractivity contribution in [2.24, 2.45) is 0 Å². The zero-order valence-electron chi connectivity index (χ0n) is 16.5. The summed E-state index contributed by atoms with van der Waals surface area (Å²) < 4.78 is 249. The molecule has 0 heterocycles. The van der Waals surface area contributed by atoms with E-state index in [2.05, 4.69) is 0 Å². The van der Waals surface area contributed by atoms with Crippen molar-refractivity contribution in [3.8, 4) is 0 Å². The number of hydrogen-bond donors (Lipinski definition) is 1. The Morgan fingerprint density at radius 2 is 0.784 bits per heavy atom. The van der Waals surface area contributed by atoms with Gasteiger partial charge in [-0.1, -0.05) is 0 Å². The van der Waals surface area contributed by atoms with Gasteiger partial charge in [-0.05, 0) is 11.8 Å². The Labute approximate surface area is 194 Å². The fraction of sp³-hybridized carbons (Fsp3) is 0.857. The second-order valence-corrected chi connectivity index (χ2v) is 7.84. The Morgan fingerprint density at radius 1 is 0.486 bits per heavy atom. The molecule has 0 aliphatic rings. The second-order valence-electron chi connectivity index (χ2n) is 6.73. The van der Waals surface area contributed by atoms with E-state index >= 15 is 0 Å². The van der Waals surface area contributed by atoms with E-state index in [4.69, 9.17) is 5.11 Å². The Kier molecular flexibility index (Phi) is 9.37. The standard InChI is InChI=1S/C14H7F19O3S/c15-6(16,2-1-4(35)37-5(36)3-34)7(17,18)8(19,20)9(21,22)10(23,24)11(25,26)12(27,28)13(29,30)14(31,32)33/h34H,1-3H2. The number of alkyl halides is 19. The molecule has 0 rings (SSSR count). The maximum atomic E-state index is 13.6. The average Bonchev–Trinajstić information content (AvgIpc) is 2.70. The van der Waals surface area contributed by atoms with Crippen molar-refractivity contribution in [3.63, 3.8) is 0 Å². The van der Waals surface area contributed by atoms with E-state index in [1.807, 2.05) is 0 Å². The lowest BCUT2D eigenvalue weighted by Crippen LogP contribution is -2.75. The predicted octanol–water partition coefficient (Wildman–Crippen LogP) is 6.19. The lowest BCUT2D eigenvalue weighted by atomic mass is 9.86. The van der Waals surface area contributed by atoms with Crippen LogP contribution >= 0.6 is 11.8 Å². The molecule has 0 bridgehead atoms. The average molecular weight is 616 g/mol. The van der Waals surface area contributed by atoms with Crippen LogP contribution in [-0.2, 0) is 9.59 Å². The molecule has 3 nitrogen and oxygen atoms in total. The van der Waals surface area contributed by atoms with Gasteiger partial charge < -0.3 is 5.11 Å². The predicted molar refractivity (Wildman–Crippen MR) is 79.6 cm³/mol. The minimum absolute atomic E-state index is 0.729. The van der Waals surface area contributed by atoms with E-state index in [0.717, 1.165) is 0 Å². The summed E-state index contributed by atoms with van der Waals surface area (Å²) in [5, 5.41) is 4.73. The first-order valence-electron chi connectivity index (χ1n) is 8.28. The Morgan fingerprint density at radius 3 is 1.08 bits per heavy atom. The Balaban J connectivity index is 6.57. The van der Waals surface area contributed by atoms with Crippen LogP contribution in [0.25, 0.3) is 0 Å². The van der Waals surface area contributed by atoms with Crippen molar-refractivity contribution in [3.05, 3.63) is 0 Å². The van der Waals surface area contributed by atoms with Gasteiger partial charge in [-0.3, -0.25) is 9.59 Å². The fourth-order valence-electron chi connectivity index (χ4n) is 2.02. The third-order valence-electron chi connectivity index (χ3n) is 4.18. The number of halogens is 19. The molecule has 0 radical (unpaired) electrons. The van der Waals surface area contributed by atoms with E-state index in [9.17, 15) is 93.0 Å². The molecule has 220 valence electrons. The molecule has 0 atom stereocenters. The number of carbonyl (C=O) groups is 2. The third kappa shape index (κ3) is 5.29. The minimum Gasteiger partial charge on any atom is -0.388 e. The molecule has 0 aliphatic carbocycles. The molecule has 0 amide bonds. The second kappa shape index (κ2) is 9.81. The SMILES string of the molecule is O=C(CO)SC(=O)CCC(F)(F)C(F)(F)C(F)(F)C(F)(F)C(F)(F)C(F)(F)C(F)(F)C(F)(F)C(F)(F)F. The van der Waals surface area contributed by atoms with Gasteiger partial charge in [0.05, 0.1) is 0 Å². The van der Waals surface area contributed by atoms with Crippen molar-refractivity contribution in [1.82, 2.24) is 0 Å². The highest BCUT2D eigenvalue weighted by molar-refractivity contribution is 8.26. The molecule has 0 fully saturated rings. The summed E-state index contributed by atoms with van der Waals surface area (Å²) in [5.74, 6) is -67.5. The molecule has 0 saturated heterocycles. The first-order valence-corrected chi connectivity index (χ1v) is 9.10. The lowest BCUT2D eigenvalue weighted by Gasteiger charge is -2.43. The number of aliphatic hydroxyl groups is 1. The zero-order valence-corrected chi connectivity index (χ0v) is 17.3. The van der Waals surface area contributed by atoms with E-state index in [1.54, 1.807) is 0 Å². The van der Waals surface area contributed by atoms with E-state index < -0.39 is 95.0 Å². The fourth-order valence-corrected chi connectivity index (χ4v) is 2.54. The minimum atomic E-state index is -9.01. The van der Waals surface area contributed by atoms with Crippen molar-refractivity contribution in [2.45, 2.75) is 66.4 Å². The van der Waals surface area contributed by atoms with E-state index in [0.29, 0.717) is 0 Å². The van der Waals surface area contributed by atoms with Crippen molar-refractivity contribution in [1.29, 1.82) is 0 Å². The molecule has 0 unspecified atom stereocenters. The van der Waals surface area contributed by atoms with Crippen LogP contribution in [-0.4, -0.2) is 75.5 Å². The smallest absolute Gasteiger partial charge is 0.388 e. The van der Waals surface area contributed by atoms with Crippen molar-refractivity contribution >= 4 is 22.0 Å².